The fourth-order valence-corrected chi connectivity index (χ4v) is 3.65. The highest BCUT2D eigenvalue weighted by Gasteiger charge is 2.29. The van der Waals surface area contributed by atoms with Crippen LogP contribution in [0.2, 0.25) is 0 Å². The number of carboxylic acid groups (broad SMARTS) is 1. The Labute approximate surface area is 129 Å². The highest BCUT2D eigenvalue weighted by molar-refractivity contribution is 7.09. The van der Waals surface area contributed by atoms with E-state index in [-0.39, 0.29) is 18.4 Å². The summed E-state index contributed by atoms with van der Waals surface area (Å²) in [6.07, 6.45) is 4.94. The SMILES string of the molecule is Cc1csc(C2CCCCN2C(=O)CCCCC(=O)O)n1. The van der Waals surface area contributed by atoms with E-state index in [9.17, 15) is 9.59 Å². The smallest absolute Gasteiger partial charge is 0.303 e. The second-order valence-corrected chi connectivity index (χ2v) is 6.42. The van der Waals surface area contributed by atoms with Crippen molar-refractivity contribution in [3.63, 3.8) is 0 Å². The third-order valence-corrected chi connectivity index (χ3v) is 4.84. The average Bonchev–Trinajstić information content (AvgIpc) is 2.89. The molecule has 1 aromatic heterocycles. The maximum Gasteiger partial charge on any atom is 0.303 e. The molecular formula is C15H22N2O3S. The van der Waals surface area contributed by atoms with Gasteiger partial charge in [-0.05, 0) is 39.0 Å². The second kappa shape index (κ2) is 7.54. The number of likely N-dealkylation sites (tertiary alicyclic amines) is 1. The fraction of sp³-hybridized carbons (Fsp3) is 0.667. The first-order valence-corrected chi connectivity index (χ1v) is 8.39. The Balaban J connectivity index is 1.92. The number of carboxylic acids is 1. The first-order valence-electron chi connectivity index (χ1n) is 7.51. The highest BCUT2D eigenvalue weighted by atomic mass is 32.1. The number of carbonyl (C=O) groups excluding carboxylic acids is 1. The molecule has 1 N–H and O–H groups in total. The maximum absolute atomic E-state index is 12.4. The standard InChI is InChI=1S/C15H22N2O3S/c1-11-10-21-15(16-11)12-6-4-5-9-17(12)13(18)7-2-3-8-14(19)20/h10,12H,2-9H2,1H3,(H,19,20). The van der Waals surface area contributed by atoms with Gasteiger partial charge >= 0.3 is 5.97 Å². The van der Waals surface area contributed by atoms with Crippen molar-refractivity contribution in [1.82, 2.24) is 9.88 Å². The largest absolute Gasteiger partial charge is 0.481 e. The van der Waals surface area contributed by atoms with E-state index in [1.807, 2.05) is 17.2 Å². The first-order chi connectivity index (χ1) is 10.1. The number of aliphatic carboxylic acids is 1. The molecule has 0 radical (unpaired) electrons. The molecular weight excluding hydrogens is 288 g/mol. The number of piperidine rings is 1. The molecule has 1 fully saturated rings. The summed E-state index contributed by atoms with van der Waals surface area (Å²) in [4.78, 5) is 29.4. The molecule has 1 unspecified atom stereocenters. The molecule has 2 heterocycles. The van der Waals surface area contributed by atoms with E-state index in [1.165, 1.54) is 0 Å². The second-order valence-electron chi connectivity index (χ2n) is 5.53. The van der Waals surface area contributed by atoms with Crippen LogP contribution in [0.5, 0.6) is 0 Å². The number of carbonyl (C=O) groups is 2. The Kier molecular flexibility index (Phi) is 5.73. The Morgan fingerprint density at radius 2 is 2.14 bits per heavy atom. The Hall–Kier alpha value is -1.43. The fourth-order valence-electron chi connectivity index (χ4n) is 2.71. The monoisotopic (exact) mass is 310 g/mol. The molecule has 5 nitrogen and oxygen atoms in total. The van der Waals surface area contributed by atoms with Crippen molar-refractivity contribution in [3.8, 4) is 0 Å². The molecule has 0 aliphatic carbocycles. The third-order valence-electron chi connectivity index (χ3n) is 3.78. The van der Waals surface area contributed by atoms with Gasteiger partial charge in [0.2, 0.25) is 5.91 Å². The van der Waals surface area contributed by atoms with E-state index in [0.717, 1.165) is 36.5 Å². The molecule has 0 saturated carbocycles. The summed E-state index contributed by atoms with van der Waals surface area (Å²) in [6, 6.07) is 0.115. The number of hydrogen-bond acceptors (Lipinski definition) is 4. The first kappa shape index (κ1) is 15.9. The molecule has 1 saturated heterocycles. The molecule has 0 bridgehead atoms. The Morgan fingerprint density at radius 1 is 1.38 bits per heavy atom. The average molecular weight is 310 g/mol. The zero-order valence-electron chi connectivity index (χ0n) is 12.4. The molecule has 21 heavy (non-hydrogen) atoms. The minimum absolute atomic E-state index is 0.115. The number of aromatic nitrogens is 1. The van der Waals surface area contributed by atoms with Crippen LogP contribution in [-0.2, 0) is 9.59 Å². The predicted octanol–water partition coefficient (Wildman–Crippen LogP) is 3.15. The molecule has 0 aromatic carbocycles. The number of nitrogens with zero attached hydrogens (tertiary/aromatic N) is 2. The van der Waals surface area contributed by atoms with Gasteiger partial charge in [0.1, 0.15) is 5.01 Å². The highest BCUT2D eigenvalue weighted by Crippen LogP contribution is 2.33. The lowest BCUT2D eigenvalue weighted by Gasteiger charge is -2.34. The summed E-state index contributed by atoms with van der Waals surface area (Å²) in [6.45, 7) is 2.77. The van der Waals surface area contributed by atoms with Gasteiger partial charge in [0, 0.05) is 30.5 Å². The van der Waals surface area contributed by atoms with Gasteiger partial charge in [0.15, 0.2) is 0 Å². The van der Waals surface area contributed by atoms with Gasteiger partial charge in [-0.1, -0.05) is 0 Å². The summed E-state index contributed by atoms with van der Waals surface area (Å²) in [5.41, 5.74) is 1.01. The van der Waals surface area contributed by atoms with Crippen molar-refractivity contribution < 1.29 is 14.7 Å². The van der Waals surface area contributed by atoms with Crippen molar-refractivity contribution in [1.29, 1.82) is 0 Å². The Morgan fingerprint density at radius 3 is 2.81 bits per heavy atom. The van der Waals surface area contributed by atoms with E-state index in [0.29, 0.717) is 19.3 Å². The summed E-state index contributed by atoms with van der Waals surface area (Å²) < 4.78 is 0. The molecule has 0 spiro atoms. The summed E-state index contributed by atoms with van der Waals surface area (Å²) >= 11 is 1.63. The van der Waals surface area contributed by atoms with Crippen LogP contribution in [0.15, 0.2) is 5.38 Å². The molecule has 1 amide bonds. The predicted molar refractivity (Wildman–Crippen MR) is 81.3 cm³/mol. The summed E-state index contributed by atoms with van der Waals surface area (Å²) in [5.74, 6) is -0.658. The summed E-state index contributed by atoms with van der Waals surface area (Å²) in [7, 11) is 0. The zero-order valence-corrected chi connectivity index (χ0v) is 13.2. The molecule has 1 atom stereocenters. The normalized spacial score (nSPS) is 18.7. The van der Waals surface area contributed by atoms with Crippen LogP contribution < -0.4 is 0 Å². The molecule has 1 aromatic rings. The van der Waals surface area contributed by atoms with Crippen LogP contribution in [0.1, 0.15) is 61.7 Å². The zero-order chi connectivity index (χ0) is 15.2. The van der Waals surface area contributed by atoms with Gasteiger partial charge < -0.3 is 10.0 Å². The van der Waals surface area contributed by atoms with Gasteiger partial charge in [0.05, 0.1) is 6.04 Å². The molecule has 116 valence electrons. The quantitative estimate of drug-likeness (QED) is 0.819. The van der Waals surface area contributed by atoms with Crippen LogP contribution in [0.3, 0.4) is 0 Å². The van der Waals surface area contributed by atoms with Crippen molar-refractivity contribution in [2.45, 2.75) is 57.9 Å². The van der Waals surface area contributed by atoms with Crippen LogP contribution in [-0.4, -0.2) is 33.4 Å². The van der Waals surface area contributed by atoms with Gasteiger partial charge in [0.25, 0.3) is 0 Å². The maximum atomic E-state index is 12.4. The number of unbranched alkanes of at least 4 members (excludes halogenated alkanes) is 1. The van der Waals surface area contributed by atoms with Crippen molar-refractivity contribution in [2.24, 2.45) is 0 Å². The van der Waals surface area contributed by atoms with Gasteiger partial charge in [-0.15, -0.1) is 11.3 Å². The van der Waals surface area contributed by atoms with E-state index in [2.05, 4.69) is 4.98 Å². The van der Waals surface area contributed by atoms with Crippen LogP contribution in [0.4, 0.5) is 0 Å². The summed E-state index contributed by atoms with van der Waals surface area (Å²) in [5, 5.41) is 11.7. The number of amides is 1. The minimum atomic E-state index is -0.795. The number of thiazole rings is 1. The van der Waals surface area contributed by atoms with Gasteiger partial charge in [-0.2, -0.15) is 0 Å². The van der Waals surface area contributed by atoms with Crippen LogP contribution in [0.25, 0.3) is 0 Å². The van der Waals surface area contributed by atoms with Crippen molar-refractivity contribution in [3.05, 3.63) is 16.1 Å². The molecule has 1 aliphatic heterocycles. The topological polar surface area (TPSA) is 70.5 Å². The lowest BCUT2D eigenvalue weighted by atomic mass is 10.0. The minimum Gasteiger partial charge on any atom is -0.481 e. The third kappa shape index (κ3) is 4.52. The van der Waals surface area contributed by atoms with E-state index < -0.39 is 5.97 Å². The van der Waals surface area contributed by atoms with Crippen LogP contribution in [0, 0.1) is 6.92 Å². The Bertz CT molecular complexity index is 501. The van der Waals surface area contributed by atoms with E-state index in [4.69, 9.17) is 5.11 Å². The number of rotatable bonds is 6. The van der Waals surface area contributed by atoms with Crippen molar-refractivity contribution >= 4 is 23.2 Å². The lowest BCUT2D eigenvalue weighted by molar-refractivity contribution is -0.138. The van der Waals surface area contributed by atoms with Crippen molar-refractivity contribution in [2.75, 3.05) is 6.54 Å². The van der Waals surface area contributed by atoms with E-state index in [1.54, 1.807) is 11.3 Å². The molecule has 2 rings (SSSR count). The molecule has 1 aliphatic rings. The number of hydrogen-bond donors (Lipinski definition) is 1. The van der Waals surface area contributed by atoms with Gasteiger partial charge in [-0.3, -0.25) is 9.59 Å². The number of aryl methyl sites for hydroxylation is 1. The molecule has 6 heteroatoms. The van der Waals surface area contributed by atoms with E-state index >= 15 is 0 Å². The van der Waals surface area contributed by atoms with Gasteiger partial charge in [-0.25, -0.2) is 4.98 Å². The van der Waals surface area contributed by atoms with Crippen LogP contribution >= 0.6 is 11.3 Å². The lowest BCUT2D eigenvalue weighted by Crippen LogP contribution is -2.38.